The quantitative estimate of drug-likeness (QED) is 0.615. The van der Waals surface area contributed by atoms with Gasteiger partial charge in [0.15, 0.2) is 0 Å². The van der Waals surface area contributed by atoms with E-state index in [1.165, 1.54) is 11.8 Å². The second-order valence-corrected chi connectivity index (χ2v) is 5.88. The average Bonchev–Trinajstić information content (AvgIpc) is 2.54. The Bertz CT molecular complexity index is 481. The Morgan fingerprint density at radius 2 is 2.33 bits per heavy atom. The van der Waals surface area contributed by atoms with Gasteiger partial charge >= 0.3 is 5.97 Å². The number of carbonyl (C=O) groups excluding carboxylic acids is 2. The Labute approximate surface area is 129 Å². The van der Waals surface area contributed by atoms with Gasteiger partial charge in [0.05, 0.1) is 23.3 Å². The number of thioether (sulfide) groups is 1. The van der Waals surface area contributed by atoms with Gasteiger partial charge in [-0.2, -0.15) is 0 Å². The van der Waals surface area contributed by atoms with Crippen molar-refractivity contribution < 1.29 is 14.3 Å². The Morgan fingerprint density at radius 1 is 1.48 bits per heavy atom. The molecule has 1 unspecified atom stereocenters. The van der Waals surface area contributed by atoms with E-state index in [1.54, 1.807) is 18.0 Å². The number of hydrogen-bond acceptors (Lipinski definition) is 5. The molecule has 0 radical (unpaired) electrons. The summed E-state index contributed by atoms with van der Waals surface area (Å²) in [6.45, 7) is 3.38. The van der Waals surface area contributed by atoms with Gasteiger partial charge < -0.3 is 9.64 Å². The lowest BCUT2D eigenvalue weighted by atomic mass is 9.98. The molecule has 1 amide bonds. The summed E-state index contributed by atoms with van der Waals surface area (Å²) in [6, 6.07) is 5.63. The van der Waals surface area contributed by atoms with Crippen molar-refractivity contribution in [2.45, 2.75) is 24.8 Å². The monoisotopic (exact) mass is 308 g/mol. The first-order valence-electron chi connectivity index (χ1n) is 7.19. The van der Waals surface area contributed by atoms with Crippen LogP contribution in [0, 0.1) is 5.92 Å². The molecule has 6 heteroatoms. The van der Waals surface area contributed by atoms with Crippen molar-refractivity contribution in [1.29, 1.82) is 0 Å². The number of rotatable bonds is 5. The van der Waals surface area contributed by atoms with E-state index < -0.39 is 0 Å². The standard InChI is InChI=1S/C15H20N2O3S/c1-2-20-15(19)12-6-5-9-17(10-12)14(18)11-21-13-7-3-4-8-16-13/h3-4,7-8,12H,2,5-6,9-11H2,1H3. The van der Waals surface area contributed by atoms with E-state index >= 15 is 0 Å². The highest BCUT2D eigenvalue weighted by molar-refractivity contribution is 7.99. The third-order valence-corrected chi connectivity index (χ3v) is 4.30. The topological polar surface area (TPSA) is 59.5 Å². The molecule has 1 saturated heterocycles. The molecule has 1 aliphatic heterocycles. The van der Waals surface area contributed by atoms with E-state index in [9.17, 15) is 9.59 Å². The number of likely N-dealkylation sites (tertiary alicyclic amines) is 1. The number of carbonyl (C=O) groups is 2. The maximum absolute atomic E-state index is 12.2. The summed E-state index contributed by atoms with van der Waals surface area (Å²) in [7, 11) is 0. The van der Waals surface area contributed by atoms with Crippen LogP contribution in [0.15, 0.2) is 29.4 Å². The zero-order valence-electron chi connectivity index (χ0n) is 12.2. The first kappa shape index (κ1) is 15.8. The Hall–Kier alpha value is -1.56. The Morgan fingerprint density at radius 3 is 3.05 bits per heavy atom. The van der Waals surface area contributed by atoms with Crippen molar-refractivity contribution in [3.63, 3.8) is 0 Å². The molecule has 0 saturated carbocycles. The molecule has 2 heterocycles. The average molecular weight is 308 g/mol. The molecule has 1 aromatic heterocycles. The van der Waals surface area contributed by atoms with Gasteiger partial charge in [-0.05, 0) is 31.9 Å². The fourth-order valence-electron chi connectivity index (χ4n) is 2.32. The molecule has 1 aromatic rings. The summed E-state index contributed by atoms with van der Waals surface area (Å²) in [5, 5.41) is 0.838. The van der Waals surface area contributed by atoms with E-state index in [0.717, 1.165) is 24.4 Å². The summed E-state index contributed by atoms with van der Waals surface area (Å²) < 4.78 is 5.05. The molecule has 2 rings (SSSR count). The molecule has 1 atom stereocenters. The molecule has 1 fully saturated rings. The van der Waals surface area contributed by atoms with Gasteiger partial charge in [-0.3, -0.25) is 9.59 Å². The number of nitrogens with zero attached hydrogens (tertiary/aromatic N) is 2. The van der Waals surface area contributed by atoms with Crippen LogP contribution in [0.2, 0.25) is 0 Å². The number of amides is 1. The van der Waals surface area contributed by atoms with E-state index in [-0.39, 0.29) is 17.8 Å². The fraction of sp³-hybridized carbons (Fsp3) is 0.533. The zero-order valence-corrected chi connectivity index (χ0v) is 13.0. The van der Waals surface area contributed by atoms with Crippen LogP contribution in [0.25, 0.3) is 0 Å². The van der Waals surface area contributed by atoms with Crippen LogP contribution in [0.3, 0.4) is 0 Å². The van der Waals surface area contributed by atoms with Crippen molar-refractivity contribution in [1.82, 2.24) is 9.88 Å². The molecule has 1 aliphatic rings. The largest absolute Gasteiger partial charge is 0.466 e. The molecule has 0 aromatic carbocycles. The van der Waals surface area contributed by atoms with Crippen molar-refractivity contribution in [2.24, 2.45) is 5.92 Å². The minimum Gasteiger partial charge on any atom is -0.466 e. The highest BCUT2D eigenvalue weighted by Gasteiger charge is 2.29. The second-order valence-electron chi connectivity index (χ2n) is 4.89. The SMILES string of the molecule is CCOC(=O)C1CCCN(C(=O)CSc2ccccn2)C1. The van der Waals surface area contributed by atoms with Gasteiger partial charge in [-0.25, -0.2) is 4.98 Å². The predicted octanol–water partition coefficient (Wildman–Crippen LogP) is 1.98. The minimum atomic E-state index is -0.188. The van der Waals surface area contributed by atoms with Crippen molar-refractivity contribution >= 4 is 23.6 Å². The van der Waals surface area contributed by atoms with Crippen molar-refractivity contribution in [3.8, 4) is 0 Å². The van der Waals surface area contributed by atoms with Crippen LogP contribution < -0.4 is 0 Å². The van der Waals surface area contributed by atoms with Crippen LogP contribution in [0.4, 0.5) is 0 Å². The Balaban J connectivity index is 1.83. The van der Waals surface area contributed by atoms with Gasteiger partial charge in [0, 0.05) is 19.3 Å². The summed E-state index contributed by atoms with van der Waals surface area (Å²) in [6.07, 6.45) is 3.37. The van der Waals surface area contributed by atoms with Gasteiger partial charge in [-0.1, -0.05) is 17.8 Å². The smallest absolute Gasteiger partial charge is 0.310 e. The molecule has 0 spiro atoms. The highest BCUT2D eigenvalue weighted by Crippen LogP contribution is 2.20. The summed E-state index contributed by atoms with van der Waals surface area (Å²) in [4.78, 5) is 29.9. The number of ether oxygens (including phenoxy) is 1. The van der Waals surface area contributed by atoms with Gasteiger partial charge in [0.25, 0.3) is 0 Å². The molecule has 114 valence electrons. The number of aromatic nitrogens is 1. The number of pyridine rings is 1. The van der Waals surface area contributed by atoms with Crippen LogP contribution in [0.5, 0.6) is 0 Å². The maximum Gasteiger partial charge on any atom is 0.310 e. The van der Waals surface area contributed by atoms with E-state index in [4.69, 9.17) is 4.74 Å². The van der Waals surface area contributed by atoms with E-state index in [1.807, 2.05) is 18.2 Å². The number of piperidine rings is 1. The molecular formula is C15H20N2O3S. The Kier molecular flexibility index (Phi) is 6.04. The predicted molar refractivity (Wildman–Crippen MR) is 80.9 cm³/mol. The molecule has 5 nitrogen and oxygen atoms in total. The van der Waals surface area contributed by atoms with Crippen LogP contribution in [-0.4, -0.2) is 47.2 Å². The van der Waals surface area contributed by atoms with Crippen molar-refractivity contribution in [2.75, 3.05) is 25.4 Å². The summed E-state index contributed by atoms with van der Waals surface area (Å²) >= 11 is 1.42. The third-order valence-electron chi connectivity index (χ3n) is 3.38. The zero-order chi connectivity index (χ0) is 15.1. The molecule has 0 aliphatic carbocycles. The van der Waals surface area contributed by atoms with Gasteiger partial charge in [0.2, 0.25) is 5.91 Å². The third kappa shape index (κ3) is 4.74. The van der Waals surface area contributed by atoms with Crippen LogP contribution >= 0.6 is 11.8 Å². The highest BCUT2D eigenvalue weighted by atomic mass is 32.2. The normalized spacial score (nSPS) is 18.3. The summed E-state index contributed by atoms with van der Waals surface area (Å²) in [5.74, 6) is 0.0431. The molecular weight excluding hydrogens is 288 g/mol. The number of esters is 1. The first-order valence-corrected chi connectivity index (χ1v) is 8.17. The summed E-state index contributed by atoms with van der Waals surface area (Å²) in [5.41, 5.74) is 0. The van der Waals surface area contributed by atoms with Gasteiger partial charge in [0.1, 0.15) is 0 Å². The lowest BCUT2D eigenvalue weighted by Crippen LogP contribution is -2.43. The van der Waals surface area contributed by atoms with E-state index in [2.05, 4.69) is 4.98 Å². The minimum absolute atomic E-state index is 0.0552. The number of hydrogen-bond donors (Lipinski definition) is 0. The maximum atomic E-state index is 12.2. The van der Waals surface area contributed by atoms with Gasteiger partial charge in [-0.15, -0.1) is 0 Å². The van der Waals surface area contributed by atoms with Crippen LogP contribution in [-0.2, 0) is 14.3 Å². The first-order chi connectivity index (χ1) is 10.2. The van der Waals surface area contributed by atoms with E-state index in [0.29, 0.717) is 18.9 Å². The lowest BCUT2D eigenvalue weighted by molar-refractivity contribution is -0.151. The molecule has 0 N–H and O–H groups in total. The van der Waals surface area contributed by atoms with Crippen molar-refractivity contribution in [3.05, 3.63) is 24.4 Å². The fourth-order valence-corrected chi connectivity index (χ4v) is 3.08. The molecule has 21 heavy (non-hydrogen) atoms. The second kappa shape index (κ2) is 8.02. The molecule has 0 bridgehead atoms. The lowest BCUT2D eigenvalue weighted by Gasteiger charge is -2.31. The van der Waals surface area contributed by atoms with Crippen LogP contribution in [0.1, 0.15) is 19.8 Å².